The van der Waals surface area contributed by atoms with Crippen LogP contribution in [0.4, 0.5) is 5.13 Å². The van der Waals surface area contributed by atoms with Crippen molar-refractivity contribution in [1.29, 1.82) is 0 Å². The van der Waals surface area contributed by atoms with Crippen LogP contribution in [0.2, 0.25) is 0 Å². The molecule has 0 spiro atoms. The number of amides is 1. The molecule has 1 aromatic carbocycles. The van der Waals surface area contributed by atoms with E-state index in [1.54, 1.807) is 59.4 Å². The second-order valence-corrected chi connectivity index (χ2v) is 9.80. The number of anilines is 1. The van der Waals surface area contributed by atoms with Gasteiger partial charge in [0.25, 0.3) is 5.78 Å². The molecule has 4 heterocycles. The minimum Gasteiger partial charge on any atom is -0.505 e. The van der Waals surface area contributed by atoms with Crippen LogP contribution in [0.5, 0.6) is 11.5 Å². The standard InChI is InChI=1S/C28H28N4O5S/c1-4-5-8-14-37-19-11-10-18(16-20(19)36-3)24-22(26(34)27(35)32(24)28-29-12-15-38-28)25(33)23-17(2)30-21-9-6-7-13-31(21)23/h6-7,9-13,15-16,24,33H,4-5,8,14H2,1-3H3/b25-22+. The fourth-order valence-electron chi connectivity index (χ4n) is 4.71. The first-order valence-electron chi connectivity index (χ1n) is 12.4. The number of pyridine rings is 1. The van der Waals surface area contributed by atoms with Crippen molar-refractivity contribution in [3.63, 3.8) is 0 Å². The quantitative estimate of drug-likeness (QED) is 0.135. The number of Topliss-reactive ketones (excluding diaryl/α,β-unsaturated/α-hetero) is 1. The molecule has 0 saturated carbocycles. The number of ketones is 1. The van der Waals surface area contributed by atoms with E-state index in [0.717, 1.165) is 19.3 Å². The molecular weight excluding hydrogens is 504 g/mol. The maximum Gasteiger partial charge on any atom is 0.301 e. The Bertz CT molecular complexity index is 1530. The minimum absolute atomic E-state index is 0.0439. The number of nitrogens with zero attached hydrogens (tertiary/aromatic N) is 4. The van der Waals surface area contributed by atoms with Crippen LogP contribution in [0, 0.1) is 6.92 Å². The summed E-state index contributed by atoms with van der Waals surface area (Å²) in [7, 11) is 1.54. The van der Waals surface area contributed by atoms with Crippen molar-refractivity contribution in [2.75, 3.05) is 18.6 Å². The predicted octanol–water partition coefficient (Wildman–Crippen LogP) is 5.30. The third-order valence-electron chi connectivity index (χ3n) is 6.51. The molecule has 1 atom stereocenters. The Morgan fingerprint density at radius 1 is 1.16 bits per heavy atom. The molecule has 196 valence electrons. The number of aliphatic hydroxyl groups excluding tert-OH is 1. The maximum absolute atomic E-state index is 13.5. The van der Waals surface area contributed by atoms with Crippen LogP contribution in [0.1, 0.15) is 49.2 Å². The van der Waals surface area contributed by atoms with Crippen LogP contribution in [-0.2, 0) is 9.59 Å². The van der Waals surface area contributed by atoms with E-state index in [-0.39, 0.29) is 11.3 Å². The number of carbonyl (C=O) groups excluding carboxylic acids is 2. The van der Waals surface area contributed by atoms with Gasteiger partial charge in [0, 0.05) is 17.8 Å². The third-order valence-corrected chi connectivity index (χ3v) is 7.28. The average Bonchev–Trinajstić information content (AvgIpc) is 3.63. The number of fused-ring (bicyclic) bond motifs is 1. The molecule has 0 bridgehead atoms. The number of thiazole rings is 1. The first-order valence-corrected chi connectivity index (χ1v) is 13.3. The van der Waals surface area contributed by atoms with Gasteiger partial charge in [0.05, 0.1) is 31.0 Å². The Morgan fingerprint density at radius 3 is 2.74 bits per heavy atom. The number of methoxy groups -OCH3 is 1. The van der Waals surface area contributed by atoms with Crippen LogP contribution in [0.25, 0.3) is 11.4 Å². The number of unbranched alkanes of at least 4 members (excludes halogenated alkanes) is 2. The summed E-state index contributed by atoms with van der Waals surface area (Å²) in [4.78, 5) is 37.0. The number of carbonyl (C=O) groups is 2. The summed E-state index contributed by atoms with van der Waals surface area (Å²) in [6, 6.07) is 9.80. The van der Waals surface area contributed by atoms with Crippen LogP contribution in [0.3, 0.4) is 0 Å². The van der Waals surface area contributed by atoms with Gasteiger partial charge in [-0.1, -0.05) is 31.9 Å². The summed E-state index contributed by atoms with van der Waals surface area (Å²) < 4.78 is 13.2. The molecule has 1 unspecified atom stereocenters. The highest BCUT2D eigenvalue weighted by Gasteiger charge is 2.48. The zero-order valence-corrected chi connectivity index (χ0v) is 22.2. The van der Waals surface area contributed by atoms with Crippen molar-refractivity contribution >= 4 is 39.6 Å². The van der Waals surface area contributed by atoms with Gasteiger partial charge in [-0.2, -0.15) is 0 Å². The van der Waals surface area contributed by atoms with Gasteiger partial charge in [-0.15, -0.1) is 11.3 Å². The second-order valence-electron chi connectivity index (χ2n) is 8.92. The Morgan fingerprint density at radius 2 is 2.00 bits per heavy atom. The van der Waals surface area contributed by atoms with Crippen molar-refractivity contribution in [3.05, 3.63) is 76.7 Å². The number of hydrogen-bond acceptors (Lipinski definition) is 8. The van der Waals surface area contributed by atoms with Crippen molar-refractivity contribution < 1.29 is 24.2 Å². The lowest BCUT2D eigenvalue weighted by Gasteiger charge is -2.24. The number of aliphatic hydroxyl groups is 1. The third kappa shape index (κ3) is 4.41. The maximum atomic E-state index is 13.5. The number of imidazole rings is 1. The van der Waals surface area contributed by atoms with E-state index in [1.165, 1.54) is 23.3 Å². The van der Waals surface area contributed by atoms with E-state index in [2.05, 4.69) is 16.9 Å². The predicted molar refractivity (Wildman–Crippen MR) is 145 cm³/mol. The highest BCUT2D eigenvalue weighted by atomic mass is 32.1. The van der Waals surface area contributed by atoms with E-state index in [0.29, 0.717) is 45.8 Å². The van der Waals surface area contributed by atoms with Crippen LogP contribution < -0.4 is 14.4 Å². The van der Waals surface area contributed by atoms with Crippen molar-refractivity contribution in [1.82, 2.24) is 14.4 Å². The van der Waals surface area contributed by atoms with Gasteiger partial charge in [-0.3, -0.25) is 18.9 Å². The van der Waals surface area contributed by atoms with E-state index < -0.39 is 17.7 Å². The summed E-state index contributed by atoms with van der Waals surface area (Å²) in [6.45, 7) is 4.43. The summed E-state index contributed by atoms with van der Waals surface area (Å²) in [5.74, 6) is -0.836. The Kier molecular flexibility index (Phi) is 7.15. The zero-order chi connectivity index (χ0) is 26.8. The van der Waals surface area contributed by atoms with Crippen molar-refractivity contribution in [3.8, 4) is 11.5 Å². The van der Waals surface area contributed by atoms with Crippen LogP contribution in [-0.4, -0.2) is 44.9 Å². The number of benzene rings is 1. The van der Waals surface area contributed by atoms with Crippen LogP contribution in [0.15, 0.2) is 59.7 Å². The molecule has 1 aliphatic heterocycles. The molecule has 38 heavy (non-hydrogen) atoms. The summed E-state index contributed by atoms with van der Waals surface area (Å²) in [5, 5.41) is 13.7. The summed E-state index contributed by atoms with van der Waals surface area (Å²) in [6.07, 6.45) is 6.39. The van der Waals surface area contributed by atoms with Gasteiger partial charge < -0.3 is 14.6 Å². The van der Waals surface area contributed by atoms with E-state index in [4.69, 9.17) is 9.47 Å². The Balaban J connectivity index is 1.66. The van der Waals surface area contributed by atoms with Gasteiger partial charge >= 0.3 is 5.91 Å². The Hall–Kier alpha value is -4.18. The van der Waals surface area contributed by atoms with Gasteiger partial charge in [0.15, 0.2) is 22.4 Å². The number of ether oxygens (including phenoxy) is 2. The molecule has 1 aliphatic rings. The lowest BCUT2D eigenvalue weighted by atomic mass is 9.96. The van der Waals surface area contributed by atoms with Crippen LogP contribution >= 0.6 is 11.3 Å². The summed E-state index contributed by atoms with van der Waals surface area (Å²) >= 11 is 1.23. The molecule has 1 N–H and O–H groups in total. The van der Waals surface area contributed by atoms with Gasteiger partial charge in [0.1, 0.15) is 11.3 Å². The average molecular weight is 533 g/mol. The largest absolute Gasteiger partial charge is 0.505 e. The zero-order valence-electron chi connectivity index (χ0n) is 21.4. The molecule has 9 nitrogen and oxygen atoms in total. The normalized spacial score (nSPS) is 16.9. The topological polar surface area (TPSA) is 106 Å². The first kappa shape index (κ1) is 25.5. The van der Waals surface area contributed by atoms with Crippen molar-refractivity contribution in [2.45, 2.75) is 39.2 Å². The molecule has 0 aliphatic carbocycles. The smallest absolute Gasteiger partial charge is 0.301 e. The molecule has 1 amide bonds. The molecule has 5 rings (SSSR count). The molecule has 4 aromatic rings. The van der Waals surface area contributed by atoms with Crippen molar-refractivity contribution in [2.24, 2.45) is 0 Å². The fourth-order valence-corrected chi connectivity index (χ4v) is 5.38. The molecule has 10 heteroatoms. The number of hydrogen-bond donors (Lipinski definition) is 1. The lowest BCUT2D eigenvalue weighted by Crippen LogP contribution is -2.29. The van der Waals surface area contributed by atoms with Gasteiger partial charge in [-0.25, -0.2) is 9.97 Å². The Labute approximate surface area is 224 Å². The second kappa shape index (κ2) is 10.7. The number of rotatable bonds is 9. The number of aryl methyl sites for hydroxylation is 1. The van der Waals surface area contributed by atoms with E-state index in [9.17, 15) is 14.7 Å². The highest BCUT2D eigenvalue weighted by molar-refractivity contribution is 7.14. The van der Waals surface area contributed by atoms with E-state index >= 15 is 0 Å². The minimum atomic E-state index is -0.933. The monoisotopic (exact) mass is 532 g/mol. The van der Waals surface area contributed by atoms with Gasteiger partial charge in [0.2, 0.25) is 0 Å². The molecule has 1 fully saturated rings. The molecule has 3 aromatic heterocycles. The van der Waals surface area contributed by atoms with Gasteiger partial charge in [-0.05, 0) is 43.2 Å². The van der Waals surface area contributed by atoms with E-state index in [1.807, 2.05) is 6.07 Å². The number of aromatic nitrogens is 3. The first-order chi connectivity index (χ1) is 18.5. The lowest BCUT2D eigenvalue weighted by molar-refractivity contribution is -0.132. The molecule has 0 radical (unpaired) electrons. The SMILES string of the molecule is CCCCCOc1ccc(C2/C(=C(\O)c3c(C)nc4ccccn34)C(=O)C(=O)N2c2nccs2)cc1OC. The molecular formula is C28H28N4O5S. The summed E-state index contributed by atoms with van der Waals surface area (Å²) in [5.41, 5.74) is 2.03. The fraction of sp³-hybridized carbons (Fsp3) is 0.286. The highest BCUT2D eigenvalue weighted by Crippen LogP contribution is 2.44. The molecule has 1 saturated heterocycles.